The van der Waals surface area contributed by atoms with E-state index in [9.17, 15) is 9.59 Å². The van der Waals surface area contributed by atoms with Gasteiger partial charge in [0.15, 0.2) is 6.10 Å². The first kappa shape index (κ1) is 14.8. The van der Waals surface area contributed by atoms with Gasteiger partial charge in [-0.3, -0.25) is 9.69 Å². The lowest BCUT2D eigenvalue weighted by atomic mass is 9.84. The summed E-state index contributed by atoms with van der Waals surface area (Å²) in [4.78, 5) is 27.5. The van der Waals surface area contributed by atoms with Crippen LogP contribution in [0.1, 0.15) is 32.1 Å². The highest BCUT2D eigenvalue weighted by Gasteiger charge is 2.35. The molecule has 0 bridgehead atoms. The Morgan fingerprint density at radius 3 is 2.33 bits per heavy atom. The molecule has 1 amide bonds. The van der Waals surface area contributed by atoms with Crippen molar-refractivity contribution in [2.24, 2.45) is 5.92 Å². The molecule has 0 spiro atoms. The van der Waals surface area contributed by atoms with E-state index in [4.69, 9.17) is 9.84 Å². The highest BCUT2D eigenvalue weighted by atomic mass is 16.5. The Labute approximate surface area is 125 Å². The number of carbonyl (C=O) groups excluding carboxylic acids is 1. The summed E-state index contributed by atoms with van der Waals surface area (Å²) < 4.78 is 5.27. The lowest BCUT2D eigenvalue weighted by Gasteiger charge is -2.42. The van der Waals surface area contributed by atoms with Crippen LogP contribution < -0.4 is 0 Å². The molecule has 21 heavy (non-hydrogen) atoms. The Morgan fingerprint density at radius 1 is 1.05 bits per heavy atom. The number of nitrogens with zero attached hydrogens (tertiary/aromatic N) is 2. The van der Waals surface area contributed by atoms with Crippen molar-refractivity contribution in [3.63, 3.8) is 0 Å². The van der Waals surface area contributed by atoms with Crippen molar-refractivity contribution in [3.05, 3.63) is 0 Å². The van der Waals surface area contributed by atoms with Crippen molar-refractivity contribution < 1.29 is 19.4 Å². The topological polar surface area (TPSA) is 70.1 Å². The molecule has 6 heteroatoms. The Balaban J connectivity index is 1.48. The molecule has 0 radical (unpaired) electrons. The van der Waals surface area contributed by atoms with E-state index in [0.717, 1.165) is 45.3 Å². The van der Waals surface area contributed by atoms with Crippen LogP contribution in [0.3, 0.4) is 0 Å². The maximum atomic E-state index is 12.2. The molecule has 2 heterocycles. The minimum absolute atomic E-state index is 0.279. The summed E-state index contributed by atoms with van der Waals surface area (Å²) in [5.41, 5.74) is 0. The third-order valence-electron chi connectivity index (χ3n) is 5.12. The fourth-order valence-electron chi connectivity index (χ4n) is 3.52. The van der Waals surface area contributed by atoms with Gasteiger partial charge in [-0.05, 0) is 25.7 Å². The van der Waals surface area contributed by atoms with Crippen LogP contribution in [0.4, 0.5) is 0 Å². The predicted octanol–water partition coefficient (Wildman–Crippen LogP) is 0.563. The SMILES string of the molecule is O=C(O)C1CN(C2CCN(C(=O)C3CCC3)CC2)CCO1. The van der Waals surface area contributed by atoms with E-state index in [1.54, 1.807) is 0 Å². The Bertz CT molecular complexity index is 402. The van der Waals surface area contributed by atoms with Crippen LogP contribution in [-0.2, 0) is 14.3 Å². The zero-order valence-corrected chi connectivity index (χ0v) is 12.4. The molecule has 2 saturated heterocycles. The molecule has 1 aliphatic carbocycles. The standard InChI is InChI=1S/C15H24N2O4/c18-14(11-2-1-3-11)16-6-4-12(5-7-16)17-8-9-21-13(10-17)15(19)20/h11-13H,1-10H2,(H,19,20). The fraction of sp³-hybridized carbons (Fsp3) is 0.867. The van der Waals surface area contributed by atoms with Crippen LogP contribution in [0.15, 0.2) is 0 Å². The molecule has 118 valence electrons. The first-order chi connectivity index (χ1) is 10.1. The summed E-state index contributed by atoms with van der Waals surface area (Å²) in [6, 6.07) is 0.390. The number of hydrogen-bond donors (Lipinski definition) is 1. The minimum Gasteiger partial charge on any atom is -0.479 e. The van der Waals surface area contributed by atoms with Crippen molar-refractivity contribution in [1.82, 2.24) is 9.80 Å². The number of carboxylic acid groups (broad SMARTS) is 1. The van der Waals surface area contributed by atoms with E-state index < -0.39 is 12.1 Å². The summed E-state index contributed by atoms with van der Waals surface area (Å²) in [6.07, 6.45) is 4.51. The summed E-state index contributed by atoms with van der Waals surface area (Å²) in [5, 5.41) is 9.06. The van der Waals surface area contributed by atoms with Crippen LogP contribution >= 0.6 is 0 Å². The molecular weight excluding hydrogens is 272 g/mol. The first-order valence-corrected chi connectivity index (χ1v) is 8.02. The number of hydrogen-bond acceptors (Lipinski definition) is 4. The third kappa shape index (κ3) is 3.21. The van der Waals surface area contributed by atoms with Gasteiger partial charge in [-0.15, -0.1) is 0 Å². The smallest absolute Gasteiger partial charge is 0.334 e. The van der Waals surface area contributed by atoms with Crippen molar-refractivity contribution in [2.45, 2.75) is 44.2 Å². The normalized spacial score (nSPS) is 29.1. The highest BCUT2D eigenvalue weighted by molar-refractivity contribution is 5.79. The summed E-state index contributed by atoms with van der Waals surface area (Å²) in [5.74, 6) is -0.260. The van der Waals surface area contributed by atoms with E-state index in [2.05, 4.69) is 4.90 Å². The van der Waals surface area contributed by atoms with Gasteiger partial charge in [0.2, 0.25) is 5.91 Å². The van der Waals surface area contributed by atoms with Gasteiger partial charge < -0.3 is 14.7 Å². The number of carbonyl (C=O) groups is 2. The molecule has 1 saturated carbocycles. The van der Waals surface area contributed by atoms with Crippen LogP contribution in [-0.4, -0.2) is 71.7 Å². The second-order valence-electron chi connectivity index (χ2n) is 6.38. The average molecular weight is 296 g/mol. The zero-order chi connectivity index (χ0) is 14.8. The summed E-state index contributed by atoms with van der Waals surface area (Å²) >= 11 is 0. The number of ether oxygens (including phenoxy) is 1. The van der Waals surface area contributed by atoms with Crippen LogP contribution in [0, 0.1) is 5.92 Å². The fourth-order valence-corrected chi connectivity index (χ4v) is 3.52. The van der Waals surface area contributed by atoms with E-state index in [-0.39, 0.29) is 5.92 Å². The van der Waals surface area contributed by atoms with E-state index in [1.807, 2.05) is 4.90 Å². The Morgan fingerprint density at radius 2 is 1.76 bits per heavy atom. The number of aliphatic carboxylic acids is 1. The van der Waals surface area contributed by atoms with Crippen LogP contribution in [0.25, 0.3) is 0 Å². The van der Waals surface area contributed by atoms with Crippen molar-refractivity contribution in [1.29, 1.82) is 0 Å². The quantitative estimate of drug-likeness (QED) is 0.824. The molecule has 1 N–H and O–H groups in total. The molecular formula is C15H24N2O4. The second-order valence-corrected chi connectivity index (χ2v) is 6.38. The molecule has 2 aliphatic heterocycles. The Hall–Kier alpha value is -1.14. The number of likely N-dealkylation sites (tertiary alicyclic amines) is 1. The highest BCUT2D eigenvalue weighted by Crippen LogP contribution is 2.30. The maximum Gasteiger partial charge on any atom is 0.334 e. The Kier molecular flexibility index (Phi) is 4.45. The maximum absolute atomic E-state index is 12.2. The van der Waals surface area contributed by atoms with Crippen LogP contribution in [0.5, 0.6) is 0 Å². The van der Waals surface area contributed by atoms with Gasteiger partial charge in [0.05, 0.1) is 6.61 Å². The van der Waals surface area contributed by atoms with Crippen molar-refractivity contribution >= 4 is 11.9 Å². The third-order valence-corrected chi connectivity index (χ3v) is 5.12. The van der Waals surface area contributed by atoms with Crippen LogP contribution in [0.2, 0.25) is 0 Å². The van der Waals surface area contributed by atoms with Gasteiger partial charge in [0.1, 0.15) is 0 Å². The lowest BCUT2D eigenvalue weighted by Crippen LogP contribution is -2.54. The van der Waals surface area contributed by atoms with Gasteiger partial charge in [-0.1, -0.05) is 6.42 Å². The van der Waals surface area contributed by atoms with E-state index >= 15 is 0 Å². The number of morpholine rings is 1. The monoisotopic (exact) mass is 296 g/mol. The summed E-state index contributed by atoms with van der Waals surface area (Å²) in [7, 11) is 0. The minimum atomic E-state index is -0.878. The molecule has 3 rings (SSSR count). The van der Waals surface area contributed by atoms with Gasteiger partial charge >= 0.3 is 5.97 Å². The molecule has 0 aromatic rings. The molecule has 0 aromatic heterocycles. The van der Waals surface area contributed by atoms with Crippen molar-refractivity contribution in [2.75, 3.05) is 32.8 Å². The molecule has 1 unspecified atom stereocenters. The van der Waals surface area contributed by atoms with E-state index in [1.165, 1.54) is 6.42 Å². The first-order valence-electron chi connectivity index (χ1n) is 8.02. The predicted molar refractivity (Wildman–Crippen MR) is 75.9 cm³/mol. The lowest BCUT2D eigenvalue weighted by molar-refractivity contribution is -0.157. The van der Waals surface area contributed by atoms with E-state index in [0.29, 0.717) is 25.1 Å². The van der Waals surface area contributed by atoms with Gasteiger partial charge in [-0.2, -0.15) is 0 Å². The number of piperidine rings is 1. The second kappa shape index (κ2) is 6.32. The van der Waals surface area contributed by atoms with Gasteiger partial charge in [0, 0.05) is 38.1 Å². The molecule has 1 atom stereocenters. The zero-order valence-electron chi connectivity index (χ0n) is 12.4. The molecule has 3 fully saturated rings. The molecule has 0 aromatic carbocycles. The van der Waals surface area contributed by atoms with Gasteiger partial charge in [-0.25, -0.2) is 4.79 Å². The number of carboxylic acids is 1. The summed E-state index contributed by atoms with van der Waals surface area (Å²) in [6.45, 7) is 3.38. The van der Waals surface area contributed by atoms with Crippen molar-refractivity contribution in [3.8, 4) is 0 Å². The molecule has 3 aliphatic rings. The number of amides is 1. The number of rotatable bonds is 3. The van der Waals surface area contributed by atoms with Gasteiger partial charge in [0.25, 0.3) is 0 Å². The molecule has 6 nitrogen and oxygen atoms in total. The average Bonchev–Trinajstić information content (AvgIpc) is 2.46. The largest absolute Gasteiger partial charge is 0.479 e.